The molecule has 0 aromatic heterocycles. The predicted molar refractivity (Wildman–Crippen MR) is 80.7 cm³/mol. The lowest BCUT2D eigenvalue weighted by molar-refractivity contribution is -0.0992. The van der Waals surface area contributed by atoms with Crippen LogP contribution in [0.15, 0.2) is 0 Å². The van der Waals surface area contributed by atoms with Crippen molar-refractivity contribution in [2.75, 3.05) is 0 Å². The Balaban J connectivity index is 3.16. The van der Waals surface area contributed by atoms with Crippen molar-refractivity contribution in [2.45, 2.75) is 96.9 Å². The van der Waals surface area contributed by atoms with E-state index in [9.17, 15) is 9.90 Å². The van der Waals surface area contributed by atoms with E-state index in [1.165, 1.54) is 0 Å². The number of aliphatic hydroxyl groups excluding tert-OH is 1. The number of hydrogen-bond acceptors (Lipinski definition) is 3. The molecule has 4 nitrogen and oxygen atoms in total. The van der Waals surface area contributed by atoms with Crippen LogP contribution in [0.4, 0.5) is 4.79 Å². The molecule has 1 aliphatic heterocycles. The molecule has 0 saturated carbocycles. The van der Waals surface area contributed by atoms with Crippen LogP contribution in [-0.2, 0) is 4.74 Å². The number of nitrogens with zero attached hydrogens (tertiary/aromatic N) is 1. The van der Waals surface area contributed by atoms with Gasteiger partial charge in [-0.25, -0.2) is 4.79 Å². The van der Waals surface area contributed by atoms with Crippen LogP contribution >= 0.6 is 0 Å². The quantitative estimate of drug-likeness (QED) is 0.841. The lowest BCUT2D eigenvalue weighted by Gasteiger charge is -2.56. The second kappa shape index (κ2) is 5.55. The molecule has 4 heteroatoms. The number of rotatable bonds is 2. The molecule has 1 rings (SSSR count). The first-order valence-electron chi connectivity index (χ1n) is 7.69. The van der Waals surface area contributed by atoms with Crippen LogP contribution < -0.4 is 0 Å². The Morgan fingerprint density at radius 2 is 1.75 bits per heavy atom. The third-order valence-corrected chi connectivity index (χ3v) is 4.32. The van der Waals surface area contributed by atoms with Gasteiger partial charge in [0.25, 0.3) is 0 Å². The van der Waals surface area contributed by atoms with E-state index < -0.39 is 11.1 Å². The maximum atomic E-state index is 12.7. The van der Waals surface area contributed by atoms with Crippen LogP contribution in [0.3, 0.4) is 0 Å². The van der Waals surface area contributed by atoms with Crippen molar-refractivity contribution >= 4 is 6.09 Å². The number of hydrogen-bond donors (Lipinski definition) is 1. The highest BCUT2D eigenvalue weighted by Crippen LogP contribution is 2.43. The summed E-state index contributed by atoms with van der Waals surface area (Å²) in [6, 6.07) is 0. The van der Waals surface area contributed by atoms with Crippen molar-refractivity contribution in [2.24, 2.45) is 0 Å². The second-order valence-electron chi connectivity index (χ2n) is 7.62. The normalized spacial score (nSPS) is 25.4. The molecule has 0 radical (unpaired) electrons. The smallest absolute Gasteiger partial charge is 0.411 e. The van der Waals surface area contributed by atoms with Crippen LogP contribution in [0.5, 0.6) is 0 Å². The third-order valence-electron chi connectivity index (χ3n) is 4.32. The van der Waals surface area contributed by atoms with Crippen LogP contribution in [0.2, 0.25) is 0 Å². The molecule has 1 heterocycles. The van der Waals surface area contributed by atoms with E-state index in [2.05, 4.69) is 13.8 Å². The van der Waals surface area contributed by atoms with Crippen LogP contribution in [0, 0.1) is 0 Å². The Morgan fingerprint density at radius 1 is 1.25 bits per heavy atom. The molecule has 1 saturated heterocycles. The largest absolute Gasteiger partial charge is 0.444 e. The maximum Gasteiger partial charge on any atom is 0.411 e. The maximum absolute atomic E-state index is 12.7. The third kappa shape index (κ3) is 3.46. The summed E-state index contributed by atoms with van der Waals surface area (Å²) in [6.45, 7) is 13.8. The Hall–Kier alpha value is -0.770. The first-order valence-corrected chi connectivity index (χ1v) is 7.69. The van der Waals surface area contributed by atoms with E-state index in [4.69, 9.17) is 4.74 Å². The summed E-state index contributed by atoms with van der Waals surface area (Å²) in [6.07, 6.45) is 2.24. The minimum Gasteiger partial charge on any atom is -0.444 e. The Kier molecular flexibility index (Phi) is 4.79. The van der Waals surface area contributed by atoms with E-state index in [-0.39, 0.29) is 17.7 Å². The second-order valence-corrected chi connectivity index (χ2v) is 7.62. The zero-order chi connectivity index (χ0) is 15.8. The predicted octanol–water partition coefficient (Wildman–Crippen LogP) is 3.72. The summed E-state index contributed by atoms with van der Waals surface area (Å²) in [5.41, 5.74) is -1.22. The molecule has 0 aliphatic carbocycles. The minimum absolute atomic E-state index is 0.266. The highest BCUT2D eigenvalue weighted by atomic mass is 16.6. The topological polar surface area (TPSA) is 49.8 Å². The van der Waals surface area contributed by atoms with E-state index in [0.717, 1.165) is 12.8 Å². The zero-order valence-corrected chi connectivity index (χ0v) is 14.1. The van der Waals surface area contributed by atoms with E-state index in [1.807, 2.05) is 39.5 Å². The highest BCUT2D eigenvalue weighted by Gasteiger charge is 2.51. The summed E-state index contributed by atoms with van der Waals surface area (Å²) in [5.74, 6) is 0. The molecule has 0 bridgehead atoms. The SMILES string of the molecule is CCC1(CC)CC(O)CC(C)(C)N1C(=O)OC(C)(C)C. The molecular weight excluding hydrogens is 254 g/mol. The van der Waals surface area contributed by atoms with Crippen molar-refractivity contribution in [3.8, 4) is 0 Å². The van der Waals surface area contributed by atoms with Gasteiger partial charge in [-0.1, -0.05) is 13.8 Å². The van der Waals surface area contributed by atoms with Gasteiger partial charge < -0.3 is 9.84 Å². The fourth-order valence-corrected chi connectivity index (χ4v) is 3.52. The lowest BCUT2D eigenvalue weighted by Crippen LogP contribution is -2.66. The highest BCUT2D eigenvalue weighted by molar-refractivity contribution is 5.70. The molecule has 1 unspecified atom stereocenters. The van der Waals surface area contributed by atoms with E-state index in [0.29, 0.717) is 12.8 Å². The first kappa shape index (κ1) is 17.3. The van der Waals surface area contributed by atoms with Gasteiger partial charge in [-0.3, -0.25) is 4.90 Å². The van der Waals surface area contributed by atoms with Gasteiger partial charge in [0, 0.05) is 11.1 Å². The molecule has 0 spiro atoms. The summed E-state index contributed by atoms with van der Waals surface area (Å²) >= 11 is 0. The monoisotopic (exact) mass is 285 g/mol. The van der Waals surface area contributed by atoms with Crippen molar-refractivity contribution < 1.29 is 14.6 Å². The first-order chi connectivity index (χ1) is 8.97. The average Bonchev–Trinajstić information content (AvgIpc) is 2.23. The summed E-state index contributed by atoms with van der Waals surface area (Å²) in [7, 11) is 0. The van der Waals surface area contributed by atoms with Crippen molar-refractivity contribution in [3.05, 3.63) is 0 Å². The van der Waals surface area contributed by atoms with Gasteiger partial charge in [0.05, 0.1) is 6.10 Å². The van der Waals surface area contributed by atoms with Crippen LogP contribution in [0.25, 0.3) is 0 Å². The van der Waals surface area contributed by atoms with Gasteiger partial charge >= 0.3 is 6.09 Å². The molecule has 1 aliphatic rings. The molecule has 20 heavy (non-hydrogen) atoms. The number of carbonyl (C=O) groups is 1. The molecular formula is C16H31NO3. The molecule has 0 aromatic rings. The minimum atomic E-state index is -0.504. The number of aliphatic hydroxyl groups is 1. The number of amides is 1. The van der Waals surface area contributed by atoms with Gasteiger partial charge in [-0.05, 0) is 60.3 Å². The molecule has 118 valence electrons. The van der Waals surface area contributed by atoms with E-state index >= 15 is 0 Å². The Morgan fingerprint density at radius 3 is 2.15 bits per heavy atom. The Labute approximate surface area is 123 Å². The standard InChI is InChI=1S/C16H31NO3/c1-8-16(9-2)11-12(18)10-15(6,7)17(16)13(19)20-14(3,4)5/h12,18H,8-11H2,1-7H3. The summed E-state index contributed by atoms with van der Waals surface area (Å²) < 4.78 is 5.61. The van der Waals surface area contributed by atoms with Crippen LogP contribution in [0.1, 0.15) is 74.1 Å². The van der Waals surface area contributed by atoms with Gasteiger partial charge in [0.1, 0.15) is 5.60 Å². The van der Waals surface area contributed by atoms with Crippen LogP contribution in [-0.4, -0.2) is 38.9 Å². The molecule has 1 amide bonds. The summed E-state index contributed by atoms with van der Waals surface area (Å²) in [4.78, 5) is 14.6. The molecule has 1 atom stereocenters. The van der Waals surface area contributed by atoms with Crippen molar-refractivity contribution in [3.63, 3.8) is 0 Å². The molecule has 0 aromatic carbocycles. The summed E-state index contributed by atoms with van der Waals surface area (Å²) in [5, 5.41) is 10.2. The number of carbonyl (C=O) groups excluding carboxylic acids is 1. The van der Waals surface area contributed by atoms with Gasteiger partial charge in [-0.15, -0.1) is 0 Å². The average molecular weight is 285 g/mol. The lowest BCUT2D eigenvalue weighted by atomic mass is 9.74. The fraction of sp³-hybridized carbons (Fsp3) is 0.938. The fourth-order valence-electron chi connectivity index (χ4n) is 3.52. The number of likely N-dealkylation sites (tertiary alicyclic amines) is 1. The zero-order valence-electron chi connectivity index (χ0n) is 14.1. The number of piperidine rings is 1. The van der Waals surface area contributed by atoms with Gasteiger partial charge in [0.15, 0.2) is 0 Å². The number of ether oxygens (including phenoxy) is 1. The molecule has 1 N–H and O–H groups in total. The van der Waals surface area contributed by atoms with Gasteiger partial charge in [-0.2, -0.15) is 0 Å². The van der Waals surface area contributed by atoms with E-state index in [1.54, 1.807) is 0 Å². The van der Waals surface area contributed by atoms with Crippen molar-refractivity contribution in [1.29, 1.82) is 0 Å². The van der Waals surface area contributed by atoms with Crippen molar-refractivity contribution in [1.82, 2.24) is 4.90 Å². The Bertz CT molecular complexity index is 353. The van der Waals surface area contributed by atoms with Gasteiger partial charge in [0.2, 0.25) is 0 Å². The molecule has 1 fully saturated rings.